The molecule has 2 N–H and O–H groups in total. The van der Waals surface area contributed by atoms with E-state index in [4.69, 9.17) is 15.0 Å². The van der Waals surface area contributed by atoms with Crippen LogP contribution in [0.3, 0.4) is 0 Å². The zero-order valence-electron chi connectivity index (χ0n) is 16.0. The molecule has 2 aromatic rings. The maximum atomic E-state index is 12.3. The van der Waals surface area contributed by atoms with Crippen LogP contribution in [-0.4, -0.2) is 47.7 Å². The van der Waals surface area contributed by atoms with E-state index in [2.05, 4.69) is 10.1 Å². The van der Waals surface area contributed by atoms with Crippen molar-refractivity contribution in [1.29, 1.82) is 0 Å². The number of aryl methyl sites for hydroxylation is 1. The van der Waals surface area contributed by atoms with Crippen molar-refractivity contribution < 1.29 is 14.1 Å². The van der Waals surface area contributed by atoms with Gasteiger partial charge in [0.1, 0.15) is 5.75 Å². The molecule has 2 rings (SSSR count). The van der Waals surface area contributed by atoms with E-state index >= 15 is 0 Å². The van der Waals surface area contributed by atoms with E-state index in [-0.39, 0.29) is 11.3 Å². The minimum absolute atomic E-state index is 0.0346. The predicted molar refractivity (Wildman–Crippen MR) is 99.7 cm³/mol. The average molecular weight is 360 g/mol. The Morgan fingerprint density at radius 2 is 2.00 bits per heavy atom. The van der Waals surface area contributed by atoms with Crippen molar-refractivity contribution in [3.63, 3.8) is 0 Å². The molecule has 7 nitrogen and oxygen atoms in total. The Hall–Kier alpha value is -2.41. The molecule has 0 aliphatic carbocycles. The van der Waals surface area contributed by atoms with Crippen LogP contribution in [0.25, 0.3) is 11.4 Å². The molecule has 0 saturated carbocycles. The number of rotatable bonds is 9. The molecule has 1 heterocycles. The molecule has 0 fully saturated rings. The molecule has 0 aliphatic heterocycles. The number of amides is 1. The van der Waals surface area contributed by atoms with Gasteiger partial charge in [-0.2, -0.15) is 4.98 Å². The first-order valence-corrected chi connectivity index (χ1v) is 8.84. The van der Waals surface area contributed by atoms with Crippen LogP contribution in [0.5, 0.6) is 5.75 Å². The molecule has 0 bridgehead atoms. The largest absolute Gasteiger partial charge is 0.494 e. The molecule has 7 heteroatoms. The number of carbonyl (C=O) groups is 1. The maximum Gasteiger partial charge on any atom is 0.227 e. The molecule has 1 amide bonds. The fourth-order valence-corrected chi connectivity index (χ4v) is 2.54. The van der Waals surface area contributed by atoms with Crippen LogP contribution in [0.1, 0.15) is 33.1 Å². The SMILES string of the molecule is CCOc1ccc(-c2noc(CCC(=O)N(C)CC(C)(C)CN)n2)cc1. The number of carbonyl (C=O) groups excluding carboxylic acids is 1. The number of benzene rings is 1. The van der Waals surface area contributed by atoms with Crippen molar-refractivity contribution in [2.75, 3.05) is 26.7 Å². The molecule has 0 unspecified atom stereocenters. The van der Waals surface area contributed by atoms with Crippen LogP contribution in [0, 0.1) is 5.41 Å². The van der Waals surface area contributed by atoms with Crippen molar-refractivity contribution in [2.24, 2.45) is 11.1 Å². The van der Waals surface area contributed by atoms with Crippen molar-refractivity contribution in [3.05, 3.63) is 30.2 Å². The molecule has 0 radical (unpaired) electrons. The normalized spacial score (nSPS) is 11.4. The van der Waals surface area contributed by atoms with Gasteiger partial charge in [0.2, 0.25) is 17.6 Å². The summed E-state index contributed by atoms with van der Waals surface area (Å²) in [6.45, 7) is 7.78. The lowest BCUT2D eigenvalue weighted by molar-refractivity contribution is -0.131. The quantitative estimate of drug-likeness (QED) is 0.738. The molecule has 1 aromatic carbocycles. The molecular weight excluding hydrogens is 332 g/mol. The highest BCUT2D eigenvalue weighted by Gasteiger charge is 2.21. The summed E-state index contributed by atoms with van der Waals surface area (Å²) in [4.78, 5) is 18.3. The fourth-order valence-electron chi connectivity index (χ4n) is 2.54. The van der Waals surface area contributed by atoms with Gasteiger partial charge in [-0.15, -0.1) is 0 Å². The topological polar surface area (TPSA) is 94.5 Å². The van der Waals surface area contributed by atoms with Gasteiger partial charge in [0.05, 0.1) is 6.61 Å². The second-order valence-corrected chi connectivity index (χ2v) is 7.09. The van der Waals surface area contributed by atoms with Crippen molar-refractivity contribution in [1.82, 2.24) is 15.0 Å². The summed E-state index contributed by atoms with van der Waals surface area (Å²) in [7, 11) is 1.79. The first-order valence-electron chi connectivity index (χ1n) is 8.84. The van der Waals surface area contributed by atoms with Crippen LogP contribution in [0.15, 0.2) is 28.8 Å². The number of nitrogens with two attached hydrogens (primary N) is 1. The van der Waals surface area contributed by atoms with E-state index in [0.717, 1.165) is 11.3 Å². The summed E-state index contributed by atoms with van der Waals surface area (Å²) < 4.78 is 10.7. The standard InChI is InChI=1S/C19H28N4O3/c1-5-25-15-8-6-14(7-9-15)18-21-16(26-22-18)10-11-17(24)23(4)13-19(2,3)12-20/h6-9H,5,10-13,20H2,1-4H3. The highest BCUT2D eigenvalue weighted by molar-refractivity contribution is 5.76. The highest BCUT2D eigenvalue weighted by Crippen LogP contribution is 2.20. The molecule has 0 aliphatic rings. The third kappa shape index (κ3) is 5.56. The second-order valence-electron chi connectivity index (χ2n) is 7.09. The fraction of sp³-hybridized carbons (Fsp3) is 0.526. The third-order valence-electron chi connectivity index (χ3n) is 4.09. The number of hydrogen-bond acceptors (Lipinski definition) is 6. The van der Waals surface area contributed by atoms with Gasteiger partial charge in [0, 0.05) is 32.0 Å². The Kier molecular flexibility index (Phi) is 6.74. The maximum absolute atomic E-state index is 12.3. The summed E-state index contributed by atoms with van der Waals surface area (Å²) >= 11 is 0. The Labute approximate surface area is 154 Å². The first kappa shape index (κ1) is 19.9. The van der Waals surface area contributed by atoms with Crippen LogP contribution < -0.4 is 10.5 Å². The Morgan fingerprint density at radius 3 is 2.62 bits per heavy atom. The van der Waals surface area contributed by atoms with Gasteiger partial charge < -0.3 is 19.9 Å². The van der Waals surface area contributed by atoms with Crippen LogP contribution in [0.2, 0.25) is 0 Å². The molecule has 0 saturated heterocycles. The number of ether oxygens (including phenoxy) is 1. The smallest absolute Gasteiger partial charge is 0.227 e. The Bertz CT molecular complexity index is 710. The zero-order chi connectivity index (χ0) is 19.2. The third-order valence-corrected chi connectivity index (χ3v) is 4.09. The summed E-state index contributed by atoms with van der Waals surface area (Å²) in [5, 5.41) is 3.99. The summed E-state index contributed by atoms with van der Waals surface area (Å²) in [5.74, 6) is 1.79. The van der Waals surface area contributed by atoms with Crippen LogP contribution in [-0.2, 0) is 11.2 Å². The van der Waals surface area contributed by atoms with Gasteiger partial charge in [0.25, 0.3) is 0 Å². The van der Waals surface area contributed by atoms with Gasteiger partial charge in [-0.25, -0.2) is 0 Å². The lowest BCUT2D eigenvalue weighted by Gasteiger charge is -2.29. The molecule has 0 atom stereocenters. The average Bonchev–Trinajstić information content (AvgIpc) is 3.09. The Morgan fingerprint density at radius 1 is 1.31 bits per heavy atom. The second kappa shape index (κ2) is 8.80. The lowest BCUT2D eigenvalue weighted by atomic mass is 9.93. The van der Waals surface area contributed by atoms with Crippen LogP contribution in [0.4, 0.5) is 0 Å². The lowest BCUT2D eigenvalue weighted by Crippen LogP contribution is -2.39. The van der Waals surface area contributed by atoms with Crippen molar-refractivity contribution in [2.45, 2.75) is 33.6 Å². The predicted octanol–water partition coefficient (Wildman–Crippen LogP) is 2.51. The van der Waals surface area contributed by atoms with Gasteiger partial charge in [-0.3, -0.25) is 4.79 Å². The van der Waals surface area contributed by atoms with Gasteiger partial charge in [0.15, 0.2) is 0 Å². The monoisotopic (exact) mass is 360 g/mol. The van der Waals surface area contributed by atoms with Crippen LogP contribution >= 0.6 is 0 Å². The van der Waals surface area contributed by atoms with E-state index in [1.807, 2.05) is 45.0 Å². The minimum atomic E-state index is -0.101. The van der Waals surface area contributed by atoms with Gasteiger partial charge in [-0.05, 0) is 43.1 Å². The minimum Gasteiger partial charge on any atom is -0.494 e. The van der Waals surface area contributed by atoms with Gasteiger partial charge >= 0.3 is 0 Å². The molecule has 1 aromatic heterocycles. The molecule has 142 valence electrons. The van der Waals surface area contributed by atoms with E-state index < -0.39 is 0 Å². The number of aromatic nitrogens is 2. The van der Waals surface area contributed by atoms with E-state index in [0.29, 0.717) is 44.3 Å². The molecule has 26 heavy (non-hydrogen) atoms. The van der Waals surface area contributed by atoms with E-state index in [1.54, 1.807) is 11.9 Å². The highest BCUT2D eigenvalue weighted by atomic mass is 16.5. The first-order chi connectivity index (χ1) is 12.3. The zero-order valence-corrected chi connectivity index (χ0v) is 16.0. The van der Waals surface area contributed by atoms with Gasteiger partial charge in [-0.1, -0.05) is 19.0 Å². The van der Waals surface area contributed by atoms with E-state index in [9.17, 15) is 4.79 Å². The van der Waals surface area contributed by atoms with Crippen molar-refractivity contribution in [3.8, 4) is 17.1 Å². The molecule has 0 spiro atoms. The molecular formula is C19H28N4O3. The Balaban J connectivity index is 1.90. The number of hydrogen-bond donors (Lipinski definition) is 1. The van der Waals surface area contributed by atoms with Crippen molar-refractivity contribution >= 4 is 5.91 Å². The number of nitrogens with zero attached hydrogens (tertiary/aromatic N) is 3. The summed E-state index contributed by atoms with van der Waals surface area (Å²) in [6, 6.07) is 7.50. The van der Waals surface area contributed by atoms with E-state index in [1.165, 1.54) is 0 Å². The summed E-state index contributed by atoms with van der Waals surface area (Å²) in [5.41, 5.74) is 6.47. The summed E-state index contributed by atoms with van der Waals surface area (Å²) in [6.07, 6.45) is 0.734.